The number of nitrogens with zero attached hydrogens (tertiary/aromatic N) is 2. The van der Waals surface area contributed by atoms with E-state index in [2.05, 4.69) is 16.5 Å². The summed E-state index contributed by atoms with van der Waals surface area (Å²) in [6, 6.07) is 13.2. The van der Waals surface area contributed by atoms with Gasteiger partial charge < -0.3 is 5.11 Å². The molecule has 3 aromatic rings. The second-order valence-corrected chi connectivity index (χ2v) is 7.38. The number of allylic oxidation sites excluding steroid dienone is 2. The van der Waals surface area contributed by atoms with E-state index in [1.54, 1.807) is 31.2 Å². The van der Waals surface area contributed by atoms with Crippen molar-refractivity contribution in [3.05, 3.63) is 90.8 Å². The van der Waals surface area contributed by atoms with Gasteiger partial charge in [0.15, 0.2) is 0 Å². The summed E-state index contributed by atoms with van der Waals surface area (Å²) in [5.74, 6) is 0.507. The molecule has 0 aliphatic carbocycles. The number of hydrogen-bond acceptors (Lipinski definition) is 3. The molecule has 0 saturated heterocycles. The Morgan fingerprint density at radius 1 is 1.00 bits per heavy atom. The Hall–Kier alpha value is -3.11. The van der Waals surface area contributed by atoms with Gasteiger partial charge >= 0.3 is 0 Å². The fourth-order valence-corrected chi connectivity index (χ4v) is 3.18. The minimum Gasteiger partial charge on any atom is -0.393 e. The maximum absolute atomic E-state index is 14.5. The lowest BCUT2D eigenvalue weighted by Gasteiger charge is -2.07. The largest absolute Gasteiger partial charge is 0.393 e. The number of aliphatic hydroxyl groups is 1. The normalized spacial score (nSPS) is 12.2. The van der Waals surface area contributed by atoms with Gasteiger partial charge in [-0.3, -0.25) is 0 Å². The van der Waals surface area contributed by atoms with Crippen molar-refractivity contribution in [3.8, 4) is 22.3 Å². The average molecular weight is 403 g/mol. The Bertz CT molecular complexity index is 993. The van der Waals surface area contributed by atoms with Crippen molar-refractivity contribution in [1.82, 2.24) is 9.97 Å². The minimum atomic E-state index is -0.287. The van der Waals surface area contributed by atoms with E-state index in [0.29, 0.717) is 12.0 Å². The first kappa shape index (κ1) is 21.6. The molecule has 0 aliphatic heterocycles. The van der Waals surface area contributed by atoms with Crippen LogP contribution in [0.15, 0.2) is 73.6 Å². The maximum atomic E-state index is 14.5. The monoisotopic (exact) mass is 402 g/mol. The van der Waals surface area contributed by atoms with Crippen LogP contribution in [0.5, 0.6) is 0 Å². The van der Waals surface area contributed by atoms with Crippen LogP contribution < -0.4 is 0 Å². The Morgan fingerprint density at radius 2 is 1.63 bits per heavy atom. The quantitative estimate of drug-likeness (QED) is 0.340. The number of aliphatic hydroxyl groups excluding tert-OH is 1. The summed E-state index contributed by atoms with van der Waals surface area (Å²) in [5, 5.41) is 9.27. The van der Waals surface area contributed by atoms with E-state index in [-0.39, 0.29) is 11.9 Å². The highest BCUT2D eigenvalue weighted by atomic mass is 19.1. The topological polar surface area (TPSA) is 46.0 Å². The Balaban J connectivity index is 1.68. The summed E-state index contributed by atoms with van der Waals surface area (Å²) in [4.78, 5) is 8.68. The first-order chi connectivity index (χ1) is 14.6. The van der Waals surface area contributed by atoms with Gasteiger partial charge in [-0.1, -0.05) is 54.6 Å². The molecule has 1 aromatic heterocycles. The third-order valence-corrected chi connectivity index (χ3v) is 4.87. The molecule has 0 amide bonds. The second-order valence-electron chi connectivity index (χ2n) is 7.38. The first-order valence-corrected chi connectivity index (χ1v) is 10.2. The smallest absolute Gasteiger partial charge is 0.131 e. The molecule has 0 aliphatic rings. The molecule has 0 fully saturated rings. The van der Waals surface area contributed by atoms with Gasteiger partial charge in [-0.2, -0.15) is 0 Å². The zero-order chi connectivity index (χ0) is 21.3. The highest BCUT2D eigenvalue weighted by molar-refractivity contribution is 5.70. The van der Waals surface area contributed by atoms with Crippen LogP contribution in [0.4, 0.5) is 4.39 Å². The van der Waals surface area contributed by atoms with E-state index < -0.39 is 0 Å². The highest BCUT2D eigenvalue weighted by Crippen LogP contribution is 2.26. The lowest BCUT2D eigenvalue weighted by Crippen LogP contribution is -1.97. The average Bonchev–Trinajstić information content (AvgIpc) is 2.75. The van der Waals surface area contributed by atoms with E-state index >= 15 is 0 Å². The Kier molecular flexibility index (Phi) is 7.63. The molecule has 1 unspecified atom stereocenters. The third-order valence-electron chi connectivity index (χ3n) is 4.87. The van der Waals surface area contributed by atoms with Crippen LogP contribution in [-0.4, -0.2) is 21.2 Å². The summed E-state index contributed by atoms with van der Waals surface area (Å²) in [7, 11) is 0. The summed E-state index contributed by atoms with van der Waals surface area (Å²) in [6.45, 7) is 5.48. The Morgan fingerprint density at radius 3 is 2.23 bits per heavy atom. The summed E-state index contributed by atoms with van der Waals surface area (Å²) in [6.07, 6.45) is 12.0. The van der Waals surface area contributed by atoms with E-state index in [4.69, 9.17) is 0 Å². The Labute approximate surface area is 177 Å². The van der Waals surface area contributed by atoms with Gasteiger partial charge in [-0.25, -0.2) is 14.4 Å². The van der Waals surface area contributed by atoms with Gasteiger partial charge in [0.05, 0.1) is 6.10 Å². The summed E-state index contributed by atoms with van der Waals surface area (Å²) in [5.41, 5.74) is 4.32. The van der Waals surface area contributed by atoms with Crippen molar-refractivity contribution in [2.75, 3.05) is 0 Å². The first-order valence-electron chi connectivity index (χ1n) is 10.2. The van der Waals surface area contributed by atoms with Crippen LogP contribution in [0.2, 0.25) is 0 Å². The summed E-state index contributed by atoms with van der Waals surface area (Å²) >= 11 is 0. The lowest BCUT2D eigenvalue weighted by molar-refractivity contribution is 0.182. The van der Waals surface area contributed by atoms with E-state index in [0.717, 1.165) is 47.3 Å². The zero-order valence-corrected chi connectivity index (χ0v) is 17.3. The molecule has 3 rings (SSSR count). The van der Waals surface area contributed by atoms with E-state index in [9.17, 15) is 9.50 Å². The molecule has 0 radical (unpaired) electrons. The van der Waals surface area contributed by atoms with Crippen molar-refractivity contribution in [3.63, 3.8) is 0 Å². The van der Waals surface area contributed by atoms with E-state index in [1.165, 1.54) is 0 Å². The molecule has 154 valence electrons. The number of hydrogen-bond donors (Lipinski definition) is 1. The molecular weight excluding hydrogens is 375 g/mol. The van der Waals surface area contributed by atoms with Crippen molar-refractivity contribution in [2.45, 2.75) is 38.7 Å². The number of rotatable bonds is 9. The van der Waals surface area contributed by atoms with Gasteiger partial charge in [0.1, 0.15) is 11.6 Å². The molecule has 3 nitrogen and oxygen atoms in total. The van der Waals surface area contributed by atoms with Gasteiger partial charge in [0, 0.05) is 29.9 Å². The third kappa shape index (κ3) is 5.94. The zero-order valence-electron chi connectivity index (χ0n) is 17.3. The maximum Gasteiger partial charge on any atom is 0.131 e. The molecule has 4 heteroatoms. The molecule has 0 bridgehead atoms. The van der Waals surface area contributed by atoms with Gasteiger partial charge in [0.2, 0.25) is 0 Å². The number of unbranched alkanes of at least 4 members (excludes halogenated alkanes) is 1. The number of aromatic nitrogens is 2. The number of halogens is 1. The summed E-state index contributed by atoms with van der Waals surface area (Å²) < 4.78 is 14.5. The van der Waals surface area contributed by atoms with Gasteiger partial charge in [-0.15, -0.1) is 6.58 Å². The van der Waals surface area contributed by atoms with Crippen LogP contribution in [-0.2, 0) is 6.42 Å². The van der Waals surface area contributed by atoms with Crippen LogP contribution in [0.25, 0.3) is 28.3 Å². The minimum absolute atomic E-state index is 0.241. The van der Waals surface area contributed by atoms with Crippen LogP contribution in [0, 0.1) is 5.82 Å². The molecule has 1 atom stereocenters. The second kappa shape index (κ2) is 10.6. The van der Waals surface area contributed by atoms with Crippen LogP contribution in [0.3, 0.4) is 0 Å². The SMILES string of the molecule is C=CCc1ncc(-c2ccc(-c3ccc(/C=C/CCCC(C)O)c(F)c3)cc2)cn1. The standard InChI is InChI=1S/C26H27FN2O/c1-3-7-26-28-17-24(18-29-26)21-12-10-20(11-13-21)23-15-14-22(25(27)16-23)9-6-4-5-8-19(2)30/h3,6,9-19,30H,1,4-5,7-8H2,2H3/b9-6+. The van der Waals surface area contributed by atoms with E-state index in [1.807, 2.05) is 48.8 Å². The van der Waals surface area contributed by atoms with Gasteiger partial charge in [0.25, 0.3) is 0 Å². The molecule has 0 saturated carbocycles. The van der Waals surface area contributed by atoms with Crippen LogP contribution in [0.1, 0.15) is 37.6 Å². The molecule has 30 heavy (non-hydrogen) atoms. The molecule has 0 spiro atoms. The predicted molar refractivity (Wildman–Crippen MR) is 121 cm³/mol. The number of benzene rings is 2. The fourth-order valence-electron chi connectivity index (χ4n) is 3.18. The van der Waals surface area contributed by atoms with Crippen molar-refractivity contribution < 1.29 is 9.50 Å². The molecule has 1 heterocycles. The molecular formula is C26H27FN2O. The van der Waals surface area contributed by atoms with Crippen molar-refractivity contribution >= 4 is 6.08 Å². The predicted octanol–water partition coefficient (Wildman–Crippen LogP) is 6.24. The van der Waals surface area contributed by atoms with Crippen molar-refractivity contribution in [2.24, 2.45) is 0 Å². The lowest BCUT2D eigenvalue weighted by atomic mass is 10.00. The van der Waals surface area contributed by atoms with Crippen LogP contribution >= 0.6 is 0 Å². The van der Waals surface area contributed by atoms with Gasteiger partial charge in [-0.05, 0) is 48.9 Å². The molecule has 2 aromatic carbocycles. The fraction of sp³-hybridized carbons (Fsp3) is 0.231. The highest BCUT2D eigenvalue weighted by Gasteiger charge is 2.05. The van der Waals surface area contributed by atoms with Crippen molar-refractivity contribution in [1.29, 1.82) is 0 Å². The molecule has 1 N–H and O–H groups in total.